The van der Waals surface area contributed by atoms with Crippen LogP contribution in [0.1, 0.15) is 24.8 Å². The number of halogens is 1. The summed E-state index contributed by atoms with van der Waals surface area (Å²) >= 11 is 5.88. The third-order valence-corrected chi connectivity index (χ3v) is 4.03. The minimum absolute atomic E-state index is 0.809. The summed E-state index contributed by atoms with van der Waals surface area (Å²) in [5.74, 6) is 3.59. The lowest BCUT2D eigenvalue weighted by Crippen LogP contribution is -2.34. The lowest BCUT2D eigenvalue weighted by atomic mass is 9.90. The Kier molecular flexibility index (Phi) is 5.11. The summed E-state index contributed by atoms with van der Waals surface area (Å²) in [6.07, 6.45) is 10.4. The second-order valence-electron chi connectivity index (χ2n) is 5.09. The molecule has 1 aromatic rings. The minimum atomic E-state index is 0.809. The fraction of sp³-hybridized carbons (Fsp3) is 0.500. The fourth-order valence-corrected chi connectivity index (χ4v) is 2.71. The van der Waals surface area contributed by atoms with Crippen molar-refractivity contribution in [2.45, 2.75) is 25.7 Å². The number of aryl methyl sites for hydroxylation is 1. The second-order valence-corrected chi connectivity index (χ2v) is 5.53. The van der Waals surface area contributed by atoms with Gasteiger partial charge in [-0.1, -0.05) is 29.7 Å². The number of hydrogen-bond donors (Lipinski definition) is 0. The molecular weight excluding hydrogens is 242 g/mol. The minimum Gasteiger partial charge on any atom is -0.292 e. The molecule has 0 bridgehead atoms. The van der Waals surface area contributed by atoms with Gasteiger partial charge < -0.3 is 0 Å². The first kappa shape index (κ1) is 13.5. The number of hydrogen-bond acceptors (Lipinski definition) is 1. The number of piperidine rings is 1. The predicted molar refractivity (Wildman–Crippen MR) is 77.8 cm³/mol. The van der Waals surface area contributed by atoms with E-state index in [1.165, 1.54) is 24.8 Å². The molecule has 2 heteroatoms. The molecule has 1 aliphatic heterocycles. The van der Waals surface area contributed by atoms with Gasteiger partial charge in [-0.3, -0.25) is 4.90 Å². The van der Waals surface area contributed by atoms with Crippen LogP contribution in [0, 0.1) is 18.3 Å². The summed E-state index contributed by atoms with van der Waals surface area (Å²) in [4.78, 5) is 2.37. The maximum absolute atomic E-state index is 5.88. The Labute approximate surface area is 115 Å². The Hall–Kier alpha value is -0.970. The molecule has 1 heterocycles. The molecule has 0 N–H and O–H groups in total. The number of nitrogens with zero attached hydrogens (tertiary/aromatic N) is 1. The molecule has 1 nitrogen and oxygen atoms in total. The molecular formula is C16H20ClN. The Morgan fingerprint density at radius 1 is 1.22 bits per heavy atom. The highest BCUT2D eigenvalue weighted by Crippen LogP contribution is 2.22. The summed E-state index contributed by atoms with van der Waals surface area (Å²) in [5.41, 5.74) is 1.39. The number of likely N-dealkylation sites (tertiary alicyclic amines) is 1. The van der Waals surface area contributed by atoms with Crippen LogP contribution in [0.15, 0.2) is 24.3 Å². The van der Waals surface area contributed by atoms with Gasteiger partial charge in [-0.25, -0.2) is 0 Å². The fourth-order valence-electron chi connectivity index (χ4n) is 2.58. The van der Waals surface area contributed by atoms with Gasteiger partial charge in [-0.05, 0) is 62.4 Å². The molecule has 0 aromatic heterocycles. The maximum atomic E-state index is 5.88. The van der Waals surface area contributed by atoms with E-state index in [-0.39, 0.29) is 0 Å². The van der Waals surface area contributed by atoms with Gasteiger partial charge in [0, 0.05) is 5.02 Å². The third-order valence-electron chi connectivity index (χ3n) is 3.78. The lowest BCUT2D eigenvalue weighted by molar-refractivity contribution is 0.197. The normalized spacial score (nSPS) is 17.6. The van der Waals surface area contributed by atoms with Crippen LogP contribution in [0.3, 0.4) is 0 Å². The van der Waals surface area contributed by atoms with Crippen molar-refractivity contribution in [1.29, 1.82) is 0 Å². The van der Waals surface area contributed by atoms with Crippen LogP contribution in [-0.4, -0.2) is 24.5 Å². The zero-order valence-electron chi connectivity index (χ0n) is 10.7. The van der Waals surface area contributed by atoms with Crippen molar-refractivity contribution in [3.8, 4) is 12.3 Å². The Morgan fingerprint density at radius 3 is 2.50 bits per heavy atom. The summed E-state index contributed by atoms with van der Waals surface area (Å²) in [6, 6.07) is 8.23. The molecule has 0 atom stereocenters. The zero-order chi connectivity index (χ0) is 12.8. The van der Waals surface area contributed by atoms with E-state index in [1.54, 1.807) is 0 Å². The first-order valence-electron chi connectivity index (χ1n) is 6.68. The van der Waals surface area contributed by atoms with Crippen LogP contribution >= 0.6 is 11.6 Å². The Bertz CT molecular complexity index is 396. The SMILES string of the molecule is C#CCN1CCC(CCc2ccc(Cl)cc2)CC1. The molecule has 0 spiro atoms. The molecule has 96 valence electrons. The van der Waals surface area contributed by atoms with Crippen molar-refractivity contribution >= 4 is 11.6 Å². The van der Waals surface area contributed by atoms with E-state index in [0.717, 1.165) is 37.0 Å². The van der Waals surface area contributed by atoms with E-state index in [9.17, 15) is 0 Å². The predicted octanol–water partition coefficient (Wildman–Crippen LogP) is 3.62. The van der Waals surface area contributed by atoms with Crippen LogP contribution in [0.5, 0.6) is 0 Å². The number of rotatable bonds is 4. The van der Waals surface area contributed by atoms with Gasteiger partial charge in [-0.2, -0.15) is 0 Å². The van der Waals surface area contributed by atoms with Gasteiger partial charge in [0.05, 0.1) is 6.54 Å². The topological polar surface area (TPSA) is 3.24 Å². The van der Waals surface area contributed by atoms with Crippen molar-refractivity contribution < 1.29 is 0 Å². The van der Waals surface area contributed by atoms with Crippen LogP contribution in [0.4, 0.5) is 0 Å². The number of benzene rings is 1. The van der Waals surface area contributed by atoms with Gasteiger partial charge in [0.1, 0.15) is 0 Å². The highest BCUT2D eigenvalue weighted by Gasteiger charge is 2.18. The summed E-state index contributed by atoms with van der Waals surface area (Å²) < 4.78 is 0. The molecule has 18 heavy (non-hydrogen) atoms. The highest BCUT2D eigenvalue weighted by molar-refractivity contribution is 6.30. The van der Waals surface area contributed by atoms with Gasteiger partial charge in [0.25, 0.3) is 0 Å². The first-order valence-corrected chi connectivity index (χ1v) is 7.06. The molecule has 0 unspecified atom stereocenters. The number of terminal acetylenes is 1. The van der Waals surface area contributed by atoms with Gasteiger partial charge in [-0.15, -0.1) is 6.42 Å². The second kappa shape index (κ2) is 6.83. The van der Waals surface area contributed by atoms with E-state index < -0.39 is 0 Å². The van der Waals surface area contributed by atoms with Gasteiger partial charge in [0.2, 0.25) is 0 Å². The van der Waals surface area contributed by atoms with E-state index in [1.807, 2.05) is 12.1 Å². The van der Waals surface area contributed by atoms with Crippen molar-refractivity contribution in [2.24, 2.45) is 5.92 Å². The molecule has 1 saturated heterocycles. The molecule has 0 aliphatic carbocycles. The maximum Gasteiger partial charge on any atom is 0.0598 e. The quantitative estimate of drug-likeness (QED) is 0.749. The molecule has 2 rings (SSSR count). The monoisotopic (exact) mass is 261 g/mol. The Morgan fingerprint density at radius 2 is 1.89 bits per heavy atom. The zero-order valence-corrected chi connectivity index (χ0v) is 11.5. The lowest BCUT2D eigenvalue weighted by Gasteiger charge is -2.30. The Balaban J connectivity index is 1.72. The average Bonchev–Trinajstić information content (AvgIpc) is 2.40. The van der Waals surface area contributed by atoms with Crippen molar-refractivity contribution in [2.75, 3.05) is 19.6 Å². The van der Waals surface area contributed by atoms with E-state index in [2.05, 4.69) is 23.0 Å². The first-order chi connectivity index (χ1) is 8.78. The third kappa shape index (κ3) is 4.05. The van der Waals surface area contributed by atoms with Crippen LogP contribution in [0.2, 0.25) is 5.02 Å². The summed E-state index contributed by atoms with van der Waals surface area (Å²) in [6.45, 7) is 3.13. The largest absolute Gasteiger partial charge is 0.292 e. The summed E-state index contributed by atoms with van der Waals surface area (Å²) in [5, 5.41) is 0.821. The molecule has 0 radical (unpaired) electrons. The van der Waals surface area contributed by atoms with Gasteiger partial charge in [0.15, 0.2) is 0 Å². The molecule has 1 fully saturated rings. The van der Waals surface area contributed by atoms with Crippen LogP contribution < -0.4 is 0 Å². The molecule has 0 saturated carbocycles. The summed E-state index contributed by atoms with van der Waals surface area (Å²) in [7, 11) is 0. The van der Waals surface area contributed by atoms with E-state index >= 15 is 0 Å². The molecule has 1 aromatic carbocycles. The highest BCUT2D eigenvalue weighted by atomic mass is 35.5. The smallest absolute Gasteiger partial charge is 0.0598 e. The molecule has 1 aliphatic rings. The molecule has 0 amide bonds. The van der Waals surface area contributed by atoms with Crippen molar-refractivity contribution in [3.63, 3.8) is 0 Å². The van der Waals surface area contributed by atoms with Crippen LogP contribution in [0.25, 0.3) is 0 Å². The van der Waals surface area contributed by atoms with Crippen LogP contribution in [-0.2, 0) is 6.42 Å². The van der Waals surface area contributed by atoms with E-state index in [0.29, 0.717) is 0 Å². The van der Waals surface area contributed by atoms with Crippen molar-refractivity contribution in [3.05, 3.63) is 34.9 Å². The average molecular weight is 262 g/mol. The standard InChI is InChI=1S/C16H20ClN/c1-2-11-18-12-9-15(10-13-18)4-3-14-5-7-16(17)8-6-14/h1,5-8,15H,3-4,9-13H2. The van der Waals surface area contributed by atoms with E-state index in [4.69, 9.17) is 18.0 Å². The van der Waals surface area contributed by atoms with Crippen molar-refractivity contribution in [1.82, 2.24) is 4.90 Å². The van der Waals surface area contributed by atoms with Gasteiger partial charge >= 0.3 is 0 Å².